The maximum absolute atomic E-state index is 12.6. The van der Waals surface area contributed by atoms with Crippen LogP contribution < -0.4 is 0 Å². The third kappa shape index (κ3) is 32.9. The number of likely N-dealkylation sites (N-methyl/N-ethyl adjacent to an activating group) is 1. The van der Waals surface area contributed by atoms with Crippen molar-refractivity contribution in [2.45, 2.75) is 161 Å². The van der Waals surface area contributed by atoms with Crippen molar-refractivity contribution in [2.75, 3.05) is 41.0 Å². The number of esters is 2. The van der Waals surface area contributed by atoms with Gasteiger partial charge in [-0.25, -0.2) is 4.79 Å². The lowest BCUT2D eigenvalue weighted by molar-refractivity contribution is -0.887. The molecule has 0 aliphatic rings. The van der Waals surface area contributed by atoms with Crippen molar-refractivity contribution < 1.29 is 38.2 Å². The van der Waals surface area contributed by atoms with Gasteiger partial charge in [0.2, 0.25) is 0 Å². The van der Waals surface area contributed by atoms with Gasteiger partial charge in [-0.3, -0.25) is 9.59 Å². The topological polar surface area (TPSA) is 99.1 Å². The summed E-state index contributed by atoms with van der Waals surface area (Å²) in [7, 11) is 5.50. The fourth-order valence-electron chi connectivity index (χ4n) is 5.53. The summed E-state index contributed by atoms with van der Waals surface area (Å²) in [4.78, 5) is 36.7. The van der Waals surface area contributed by atoms with Crippen LogP contribution in [-0.2, 0) is 28.6 Å². The van der Waals surface area contributed by atoms with Crippen LogP contribution in [-0.4, -0.2) is 80.6 Å². The third-order valence-corrected chi connectivity index (χ3v) is 8.68. The number of carbonyl (C=O) groups is 3. The number of carboxylic acid groups (broad SMARTS) is 1. The number of aliphatic carboxylic acids is 1. The van der Waals surface area contributed by atoms with Crippen LogP contribution in [0, 0.1) is 0 Å². The minimum absolute atomic E-state index is 0.0513. The molecule has 8 nitrogen and oxygen atoms in total. The van der Waals surface area contributed by atoms with E-state index in [9.17, 15) is 19.5 Å². The van der Waals surface area contributed by atoms with Crippen LogP contribution in [0.2, 0.25) is 0 Å². The number of carbonyl (C=O) groups excluding carboxylic acids is 2. The van der Waals surface area contributed by atoms with Gasteiger partial charge in [0.25, 0.3) is 0 Å². The molecule has 0 fully saturated rings. The van der Waals surface area contributed by atoms with Gasteiger partial charge < -0.3 is 23.8 Å². The average molecular weight is 731 g/mol. The molecular formula is C44H76NO7+. The van der Waals surface area contributed by atoms with Crippen molar-refractivity contribution in [3.8, 4) is 0 Å². The summed E-state index contributed by atoms with van der Waals surface area (Å²) in [5, 5.41) is 9.58. The Morgan fingerprint density at radius 2 is 1.08 bits per heavy atom. The van der Waals surface area contributed by atoms with Gasteiger partial charge in [0.15, 0.2) is 12.1 Å². The lowest BCUT2D eigenvalue weighted by Gasteiger charge is -2.31. The molecule has 0 aromatic heterocycles. The number of carboxylic acids is 1. The summed E-state index contributed by atoms with van der Waals surface area (Å²) in [6.45, 7) is 4.54. The maximum atomic E-state index is 12.6. The van der Waals surface area contributed by atoms with Crippen molar-refractivity contribution >= 4 is 17.9 Å². The van der Waals surface area contributed by atoms with E-state index in [1.165, 1.54) is 32.1 Å². The largest absolute Gasteiger partial charge is 0.477 e. The van der Waals surface area contributed by atoms with Crippen LogP contribution >= 0.6 is 0 Å². The van der Waals surface area contributed by atoms with E-state index < -0.39 is 18.1 Å². The van der Waals surface area contributed by atoms with E-state index >= 15 is 0 Å². The zero-order valence-electron chi connectivity index (χ0n) is 33.7. The molecule has 0 aromatic carbocycles. The molecule has 1 N–H and O–H groups in total. The molecule has 2 unspecified atom stereocenters. The molecule has 0 aliphatic heterocycles. The highest BCUT2D eigenvalue weighted by Crippen LogP contribution is 2.13. The summed E-state index contributed by atoms with van der Waals surface area (Å²) in [6, 6.07) is -0.618. The first kappa shape index (κ1) is 49.0. The van der Waals surface area contributed by atoms with E-state index in [-0.39, 0.29) is 36.2 Å². The molecule has 0 aromatic rings. The summed E-state index contributed by atoms with van der Waals surface area (Å²) in [5.41, 5.74) is 0. The third-order valence-electron chi connectivity index (χ3n) is 8.68. The molecule has 0 spiro atoms. The quantitative estimate of drug-likeness (QED) is 0.0300. The number of ether oxygens (including phenoxy) is 3. The molecular weight excluding hydrogens is 654 g/mol. The fraction of sp³-hybridized carbons (Fsp3) is 0.705. The van der Waals surface area contributed by atoms with E-state index in [4.69, 9.17) is 14.2 Å². The summed E-state index contributed by atoms with van der Waals surface area (Å²) in [5.74, 6) is -1.51. The predicted octanol–water partition coefficient (Wildman–Crippen LogP) is 10.6. The summed E-state index contributed by atoms with van der Waals surface area (Å²) in [6.07, 6.45) is 41.3. The van der Waals surface area contributed by atoms with Crippen LogP contribution in [0.15, 0.2) is 60.8 Å². The van der Waals surface area contributed by atoms with Gasteiger partial charge in [0.05, 0.1) is 34.4 Å². The van der Waals surface area contributed by atoms with Crippen molar-refractivity contribution in [1.29, 1.82) is 0 Å². The zero-order valence-corrected chi connectivity index (χ0v) is 33.7. The Morgan fingerprint density at radius 1 is 0.596 bits per heavy atom. The predicted molar refractivity (Wildman–Crippen MR) is 215 cm³/mol. The van der Waals surface area contributed by atoms with E-state index in [1.807, 2.05) is 21.1 Å². The second kappa shape index (κ2) is 35.1. The monoisotopic (exact) mass is 731 g/mol. The van der Waals surface area contributed by atoms with Crippen LogP contribution in [0.5, 0.6) is 0 Å². The molecule has 0 amide bonds. The first-order valence-corrected chi connectivity index (χ1v) is 20.3. The standard InChI is InChI=1S/C44H75NO7/c1-6-8-10-12-14-16-17-18-19-20-21-22-23-24-25-26-27-29-30-32-34-42(46)51-39-40(38-50-37-36-41(44(48)49)45(3,4)5)52-43(47)35-33-31-28-15-13-11-9-7-2/h8,10,14,16,18-19,21-22,24-25,40-41H,6-7,9,11-13,15,17,20,23,26-39H2,1-5H3/p+1/b10-8+,16-14+,19-18+,22-21+,25-24+. The highest BCUT2D eigenvalue weighted by atomic mass is 16.6. The zero-order chi connectivity index (χ0) is 38.5. The number of hydrogen-bond acceptors (Lipinski definition) is 6. The van der Waals surface area contributed by atoms with Crippen molar-refractivity contribution in [3.05, 3.63) is 60.8 Å². The van der Waals surface area contributed by atoms with Gasteiger partial charge in [-0.1, -0.05) is 132 Å². The van der Waals surface area contributed by atoms with Crippen LogP contribution in [0.4, 0.5) is 0 Å². The van der Waals surface area contributed by atoms with Gasteiger partial charge in [-0.15, -0.1) is 0 Å². The van der Waals surface area contributed by atoms with E-state index in [2.05, 4.69) is 74.6 Å². The van der Waals surface area contributed by atoms with Gasteiger partial charge in [-0.2, -0.15) is 0 Å². The lowest BCUT2D eigenvalue weighted by atomic mass is 10.1. The number of rotatable bonds is 35. The Morgan fingerprint density at radius 3 is 1.60 bits per heavy atom. The number of hydrogen-bond donors (Lipinski definition) is 1. The van der Waals surface area contributed by atoms with Gasteiger partial charge in [0.1, 0.15) is 6.61 Å². The van der Waals surface area contributed by atoms with Crippen LogP contribution in [0.25, 0.3) is 0 Å². The summed E-state index contributed by atoms with van der Waals surface area (Å²) >= 11 is 0. The SMILES string of the molecule is CC/C=C/C/C=C/C/C=C/C/C=C/C/C=C/CCCCCCC(=O)OCC(COCCC(C(=O)O)[N+](C)(C)C)OC(=O)CCCCCCCCCC. The van der Waals surface area contributed by atoms with E-state index in [0.29, 0.717) is 19.3 Å². The molecule has 52 heavy (non-hydrogen) atoms. The summed E-state index contributed by atoms with van der Waals surface area (Å²) < 4.78 is 17.2. The molecule has 0 bridgehead atoms. The van der Waals surface area contributed by atoms with E-state index in [0.717, 1.165) is 83.5 Å². The van der Waals surface area contributed by atoms with Crippen molar-refractivity contribution in [3.63, 3.8) is 0 Å². The Bertz CT molecular complexity index is 1040. The molecule has 298 valence electrons. The Hall–Kier alpha value is -2.97. The molecule has 0 saturated heterocycles. The molecule has 8 heteroatoms. The molecule has 0 rings (SSSR count). The van der Waals surface area contributed by atoms with Gasteiger partial charge in [-0.05, 0) is 57.8 Å². The smallest absolute Gasteiger partial charge is 0.362 e. The van der Waals surface area contributed by atoms with Gasteiger partial charge >= 0.3 is 17.9 Å². The number of allylic oxidation sites excluding steroid dienone is 10. The minimum Gasteiger partial charge on any atom is -0.477 e. The van der Waals surface area contributed by atoms with Crippen molar-refractivity contribution in [1.82, 2.24) is 0 Å². The number of quaternary nitrogens is 1. The molecule has 0 saturated carbocycles. The normalized spacial score (nSPS) is 13.6. The Balaban J connectivity index is 4.34. The first-order valence-electron chi connectivity index (χ1n) is 20.3. The Kier molecular flexibility index (Phi) is 33.1. The van der Waals surface area contributed by atoms with E-state index in [1.54, 1.807) is 0 Å². The van der Waals surface area contributed by atoms with Crippen LogP contribution in [0.3, 0.4) is 0 Å². The molecule has 2 atom stereocenters. The van der Waals surface area contributed by atoms with Crippen molar-refractivity contribution in [2.24, 2.45) is 0 Å². The molecule has 0 radical (unpaired) electrons. The average Bonchev–Trinajstić information content (AvgIpc) is 3.09. The Labute approximate surface area is 318 Å². The second-order valence-electron chi connectivity index (χ2n) is 14.5. The molecule has 0 aliphatic carbocycles. The van der Waals surface area contributed by atoms with Crippen LogP contribution in [0.1, 0.15) is 149 Å². The number of nitrogens with zero attached hydrogens (tertiary/aromatic N) is 1. The molecule has 0 heterocycles. The second-order valence-corrected chi connectivity index (χ2v) is 14.5. The highest BCUT2D eigenvalue weighted by Gasteiger charge is 2.31. The first-order chi connectivity index (χ1) is 25.1. The minimum atomic E-state index is -0.882. The van der Waals surface area contributed by atoms with Gasteiger partial charge in [0, 0.05) is 19.3 Å². The maximum Gasteiger partial charge on any atom is 0.362 e. The number of unbranched alkanes of at least 4 members (excludes halogenated alkanes) is 11. The fourth-order valence-corrected chi connectivity index (χ4v) is 5.53. The highest BCUT2D eigenvalue weighted by molar-refractivity contribution is 5.72. The lowest BCUT2D eigenvalue weighted by Crippen LogP contribution is -2.50.